The van der Waals surface area contributed by atoms with Gasteiger partial charge in [0.05, 0.1) is 15.5 Å². The Kier molecular flexibility index (Phi) is 4.22. The molecule has 0 bridgehead atoms. The van der Waals surface area contributed by atoms with Crippen LogP contribution in [0.4, 0.5) is 11.4 Å². The smallest absolute Gasteiger partial charge is 0.271 e. The second-order valence-electron chi connectivity index (χ2n) is 6.91. The van der Waals surface area contributed by atoms with Crippen LogP contribution in [-0.2, 0) is 16.4 Å². The number of rotatable bonds is 5. The molecule has 4 rings (SSSR count). The molecule has 1 aliphatic carbocycles. The highest BCUT2D eigenvalue weighted by atomic mass is 32.2. The molecule has 0 saturated heterocycles. The van der Waals surface area contributed by atoms with Gasteiger partial charge in [-0.25, -0.2) is 8.42 Å². The molecule has 2 aromatic rings. The van der Waals surface area contributed by atoms with Crippen LogP contribution in [0.1, 0.15) is 35.2 Å². The fourth-order valence-corrected chi connectivity index (χ4v) is 4.93. The third-order valence-electron chi connectivity index (χ3n) is 5.03. The minimum atomic E-state index is -3.87. The van der Waals surface area contributed by atoms with E-state index in [0.717, 1.165) is 18.4 Å². The quantitative estimate of drug-likeness (QED) is 0.446. The first-order chi connectivity index (χ1) is 12.9. The molecule has 0 radical (unpaired) electrons. The molecule has 2 aliphatic rings. The van der Waals surface area contributed by atoms with Crippen LogP contribution in [-0.4, -0.2) is 25.7 Å². The van der Waals surface area contributed by atoms with E-state index >= 15 is 0 Å². The summed E-state index contributed by atoms with van der Waals surface area (Å²) in [6.07, 6.45) is 3.10. The number of fused-ring (bicyclic) bond motifs is 1. The molecule has 8 heteroatoms. The van der Waals surface area contributed by atoms with Crippen molar-refractivity contribution < 1.29 is 18.1 Å². The molecule has 7 nitrogen and oxygen atoms in total. The number of ketones is 1. The van der Waals surface area contributed by atoms with Gasteiger partial charge >= 0.3 is 0 Å². The molecular weight excluding hydrogens is 368 g/mol. The molecule has 0 spiro atoms. The Morgan fingerprint density at radius 2 is 1.81 bits per heavy atom. The Morgan fingerprint density at radius 1 is 1.11 bits per heavy atom. The van der Waals surface area contributed by atoms with E-state index in [9.17, 15) is 23.3 Å². The van der Waals surface area contributed by atoms with Crippen molar-refractivity contribution in [1.82, 2.24) is 0 Å². The maximum absolute atomic E-state index is 13.1. The van der Waals surface area contributed by atoms with Gasteiger partial charge in [0.25, 0.3) is 15.7 Å². The SMILES string of the molecule is O=C(c1ccc(S(=O)(=O)N2CCCc3ccc([N+](=O)[O-])cc32)cc1)C1CC1. The number of hydrogen-bond donors (Lipinski definition) is 0. The Morgan fingerprint density at radius 3 is 2.44 bits per heavy atom. The highest BCUT2D eigenvalue weighted by molar-refractivity contribution is 7.92. The van der Waals surface area contributed by atoms with Gasteiger partial charge in [-0.05, 0) is 43.4 Å². The Balaban J connectivity index is 1.69. The lowest BCUT2D eigenvalue weighted by Gasteiger charge is -2.30. The van der Waals surface area contributed by atoms with E-state index in [2.05, 4.69) is 0 Å². The molecule has 1 fully saturated rings. The third-order valence-corrected chi connectivity index (χ3v) is 6.86. The van der Waals surface area contributed by atoms with Gasteiger partial charge in [-0.15, -0.1) is 0 Å². The summed E-state index contributed by atoms with van der Waals surface area (Å²) in [6.45, 7) is 0.263. The number of Topliss-reactive ketones (excluding diaryl/α,β-unsaturated/α-hetero) is 1. The summed E-state index contributed by atoms with van der Waals surface area (Å²) < 4.78 is 27.5. The topological polar surface area (TPSA) is 97.6 Å². The number of hydrogen-bond acceptors (Lipinski definition) is 5. The number of carbonyl (C=O) groups is 1. The average Bonchev–Trinajstić information content (AvgIpc) is 3.51. The van der Waals surface area contributed by atoms with Gasteiger partial charge in [0.1, 0.15) is 0 Å². The monoisotopic (exact) mass is 386 g/mol. The first kappa shape index (κ1) is 17.7. The van der Waals surface area contributed by atoms with E-state index in [1.807, 2.05) is 0 Å². The zero-order valence-corrected chi connectivity index (χ0v) is 15.3. The number of benzene rings is 2. The number of nitro benzene ring substituents is 1. The van der Waals surface area contributed by atoms with Gasteiger partial charge in [-0.3, -0.25) is 19.2 Å². The van der Waals surface area contributed by atoms with Gasteiger partial charge in [0.15, 0.2) is 5.78 Å². The Labute approximate surface area is 156 Å². The summed E-state index contributed by atoms with van der Waals surface area (Å²) in [5, 5.41) is 11.1. The van der Waals surface area contributed by atoms with E-state index < -0.39 is 14.9 Å². The van der Waals surface area contributed by atoms with E-state index in [1.54, 1.807) is 18.2 Å². The van der Waals surface area contributed by atoms with Gasteiger partial charge < -0.3 is 0 Å². The molecule has 140 valence electrons. The summed E-state index contributed by atoms with van der Waals surface area (Å²) in [5.74, 6) is 0.125. The predicted octanol–water partition coefficient (Wildman–Crippen LogP) is 3.33. The second-order valence-corrected chi connectivity index (χ2v) is 8.78. The maximum Gasteiger partial charge on any atom is 0.271 e. The van der Waals surface area contributed by atoms with E-state index in [-0.39, 0.29) is 28.8 Å². The van der Waals surface area contributed by atoms with Crippen LogP contribution in [0.15, 0.2) is 47.4 Å². The van der Waals surface area contributed by atoms with Crippen molar-refractivity contribution in [3.05, 3.63) is 63.7 Å². The summed E-state index contributed by atoms with van der Waals surface area (Å²) in [7, 11) is -3.87. The lowest BCUT2D eigenvalue weighted by atomic mass is 10.0. The van der Waals surface area contributed by atoms with Crippen LogP contribution < -0.4 is 4.31 Å². The first-order valence-corrected chi connectivity index (χ1v) is 10.3. The van der Waals surface area contributed by atoms with E-state index in [0.29, 0.717) is 24.1 Å². The van der Waals surface area contributed by atoms with E-state index in [4.69, 9.17) is 0 Å². The highest BCUT2D eigenvalue weighted by Gasteiger charge is 2.32. The van der Waals surface area contributed by atoms with Crippen molar-refractivity contribution in [2.75, 3.05) is 10.8 Å². The molecular formula is C19H18N2O5S. The zero-order chi connectivity index (χ0) is 19.2. The molecule has 1 saturated carbocycles. The van der Waals surface area contributed by atoms with Gasteiger partial charge in [-0.1, -0.05) is 18.2 Å². The molecule has 0 atom stereocenters. The van der Waals surface area contributed by atoms with Crippen molar-refractivity contribution in [3.63, 3.8) is 0 Å². The fourth-order valence-electron chi connectivity index (χ4n) is 3.39. The van der Waals surface area contributed by atoms with Crippen molar-refractivity contribution >= 4 is 27.2 Å². The number of nitro groups is 1. The summed E-state index contributed by atoms with van der Waals surface area (Å²) in [6, 6.07) is 10.3. The van der Waals surface area contributed by atoms with Crippen molar-refractivity contribution in [1.29, 1.82) is 0 Å². The van der Waals surface area contributed by atoms with Crippen LogP contribution >= 0.6 is 0 Å². The number of carbonyl (C=O) groups excluding carboxylic acids is 1. The molecule has 0 aromatic heterocycles. The zero-order valence-electron chi connectivity index (χ0n) is 14.5. The molecule has 0 amide bonds. The molecule has 27 heavy (non-hydrogen) atoms. The van der Waals surface area contributed by atoms with Crippen molar-refractivity contribution in [2.45, 2.75) is 30.6 Å². The second kappa shape index (κ2) is 6.45. The number of anilines is 1. The number of aryl methyl sites for hydroxylation is 1. The lowest BCUT2D eigenvalue weighted by molar-refractivity contribution is -0.384. The van der Waals surface area contributed by atoms with Gasteiger partial charge in [-0.2, -0.15) is 0 Å². The molecule has 0 N–H and O–H groups in total. The maximum atomic E-state index is 13.1. The number of non-ortho nitro benzene ring substituents is 1. The highest BCUT2D eigenvalue weighted by Crippen LogP contribution is 2.35. The molecule has 1 aliphatic heterocycles. The van der Waals surface area contributed by atoms with Gasteiger partial charge in [0.2, 0.25) is 0 Å². The standard InChI is InChI=1S/C19H18N2O5S/c22-19(14-3-4-14)15-6-9-17(10-7-15)27(25,26)20-11-1-2-13-5-8-16(21(23)24)12-18(13)20/h5-10,12,14H,1-4,11H2. The number of nitrogens with zero attached hydrogens (tertiary/aromatic N) is 2. The van der Waals surface area contributed by atoms with E-state index in [1.165, 1.54) is 28.6 Å². The summed E-state index contributed by atoms with van der Waals surface area (Å²) >= 11 is 0. The largest absolute Gasteiger partial charge is 0.294 e. The first-order valence-electron chi connectivity index (χ1n) is 8.82. The lowest BCUT2D eigenvalue weighted by Crippen LogP contribution is -2.35. The minimum absolute atomic E-state index is 0.0536. The Bertz CT molecular complexity index is 1030. The van der Waals surface area contributed by atoms with Crippen LogP contribution in [0.5, 0.6) is 0 Å². The van der Waals surface area contributed by atoms with Crippen LogP contribution in [0.3, 0.4) is 0 Å². The molecule has 1 heterocycles. The molecule has 2 aromatic carbocycles. The predicted molar refractivity (Wildman–Crippen MR) is 99.4 cm³/mol. The molecule has 0 unspecified atom stereocenters. The van der Waals surface area contributed by atoms with Gasteiger partial charge in [0, 0.05) is 30.2 Å². The summed E-state index contributed by atoms with van der Waals surface area (Å²) in [5.41, 5.74) is 1.51. The average molecular weight is 386 g/mol. The summed E-state index contributed by atoms with van der Waals surface area (Å²) in [4.78, 5) is 22.7. The van der Waals surface area contributed by atoms with Crippen molar-refractivity contribution in [2.24, 2.45) is 5.92 Å². The normalized spacial score (nSPS) is 16.7. The van der Waals surface area contributed by atoms with Crippen LogP contribution in [0, 0.1) is 16.0 Å². The third kappa shape index (κ3) is 3.21. The van der Waals surface area contributed by atoms with Crippen molar-refractivity contribution in [3.8, 4) is 0 Å². The Hall–Kier alpha value is -2.74. The minimum Gasteiger partial charge on any atom is -0.294 e. The fraction of sp³-hybridized carbons (Fsp3) is 0.316. The van der Waals surface area contributed by atoms with Crippen LogP contribution in [0.25, 0.3) is 0 Å². The number of sulfonamides is 1. The van der Waals surface area contributed by atoms with Crippen LogP contribution in [0.2, 0.25) is 0 Å².